The van der Waals surface area contributed by atoms with Crippen LogP contribution in [0.5, 0.6) is 0 Å². The van der Waals surface area contributed by atoms with Gasteiger partial charge in [0.2, 0.25) is 0 Å². The third-order valence-corrected chi connectivity index (χ3v) is 3.78. The zero-order chi connectivity index (χ0) is 12.9. The van der Waals surface area contributed by atoms with E-state index < -0.39 is 0 Å². The monoisotopic (exact) mass is 235 g/mol. The van der Waals surface area contributed by atoms with Crippen LogP contribution in [0.3, 0.4) is 0 Å². The molecule has 1 rings (SSSR count). The molecule has 0 amide bonds. The molecule has 2 heteroatoms. The van der Waals surface area contributed by atoms with Gasteiger partial charge in [-0.25, -0.2) is 0 Å². The van der Waals surface area contributed by atoms with E-state index in [1.165, 1.54) is 5.56 Å². The molecule has 0 aliphatic rings. The van der Waals surface area contributed by atoms with Gasteiger partial charge in [-0.1, -0.05) is 43.7 Å². The average molecular weight is 235 g/mol. The SMILES string of the molecule is CCCC(CCO)(c1ccccc1)C(C)(C)N. The third kappa shape index (κ3) is 2.88. The average Bonchev–Trinajstić information content (AvgIpc) is 2.28. The predicted octanol–water partition coefficient (Wildman–Crippen LogP) is 2.84. The minimum absolute atomic E-state index is 0.141. The Balaban J connectivity index is 3.25. The predicted molar refractivity (Wildman–Crippen MR) is 73.0 cm³/mol. The summed E-state index contributed by atoms with van der Waals surface area (Å²) >= 11 is 0. The Morgan fingerprint density at radius 1 is 1.12 bits per heavy atom. The second-order valence-corrected chi connectivity index (χ2v) is 5.39. The largest absolute Gasteiger partial charge is 0.396 e. The smallest absolute Gasteiger partial charge is 0.0440 e. The van der Waals surface area contributed by atoms with E-state index in [4.69, 9.17) is 5.73 Å². The van der Waals surface area contributed by atoms with Crippen LogP contribution < -0.4 is 5.73 Å². The summed E-state index contributed by atoms with van der Waals surface area (Å²) in [6.07, 6.45) is 2.78. The van der Waals surface area contributed by atoms with Crippen molar-refractivity contribution in [3.63, 3.8) is 0 Å². The van der Waals surface area contributed by atoms with Crippen LogP contribution in [-0.4, -0.2) is 17.3 Å². The number of rotatable bonds is 6. The van der Waals surface area contributed by atoms with E-state index >= 15 is 0 Å². The molecule has 0 radical (unpaired) electrons. The first-order valence-electron chi connectivity index (χ1n) is 6.43. The van der Waals surface area contributed by atoms with E-state index in [0.717, 1.165) is 12.8 Å². The number of hydrogen-bond acceptors (Lipinski definition) is 2. The van der Waals surface area contributed by atoms with Crippen molar-refractivity contribution < 1.29 is 5.11 Å². The van der Waals surface area contributed by atoms with E-state index in [1.54, 1.807) is 0 Å². The van der Waals surface area contributed by atoms with E-state index in [9.17, 15) is 5.11 Å². The first-order valence-corrected chi connectivity index (χ1v) is 6.43. The molecular formula is C15H25NO. The maximum Gasteiger partial charge on any atom is 0.0440 e. The summed E-state index contributed by atoms with van der Waals surface area (Å²) in [5, 5.41) is 9.40. The standard InChI is InChI=1S/C15H25NO/c1-4-10-15(11-12-17,14(2,3)16)13-8-6-5-7-9-13/h5-9,17H,4,10-12,16H2,1-3H3. The lowest BCUT2D eigenvalue weighted by Gasteiger charge is -2.45. The molecule has 1 atom stereocenters. The van der Waals surface area contributed by atoms with E-state index in [0.29, 0.717) is 6.42 Å². The maximum atomic E-state index is 9.40. The van der Waals surface area contributed by atoms with Crippen molar-refractivity contribution in [3.8, 4) is 0 Å². The Hall–Kier alpha value is -0.860. The second kappa shape index (κ2) is 5.65. The van der Waals surface area contributed by atoms with Crippen molar-refractivity contribution in [2.75, 3.05) is 6.61 Å². The lowest BCUT2D eigenvalue weighted by molar-refractivity contribution is 0.164. The molecule has 1 aromatic carbocycles. The molecule has 0 saturated carbocycles. The van der Waals surface area contributed by atoms with Crippen molar-refractivity contribution in [1.29, 1.82) is 0 Å². The van der Waals surface area contributed by atoms with Gasteiger partial charge >= 0.3 is 0 Å². The van der Waals surface area contributed by atoms with Crippen molar-refractivity contribution in [2.45, 2.75) is 51.0 Å². The summed E-state index contributed by atoms with van der Waals surface area (Å²) in [6.45, 7) is 6.47. The van der Waals surface area contributed by atoms with Gasteiger partial charge in [-0.15, -0.1) is 0 Å². The Morgan fingerprint density at radius 3 is 2.12 bits per heavy atom. The van der Waals surface area contributed by atoms with Crippen LogP contribution in [-0.2, 0) is 5.41 Å². The molecule has 0 heterocycles. The fourth-order valence-electron chi connectivity index (χ4n) is 2.80. The van der Waals surface area contributed by atoms with Gasteiger partial charge in [0.25, 0.3) is 0 Å². The summed E-state index contributed by atoms with van der Waals surface area (Å²) in [5.74, 6) is 0. The molecule has 0 aromatic heterocycles. The third-order valence-electron chi connectivity index (χ3n) is 3.78. The van der Waals surface area contributed by atoms with E-state index in [1.807, 2.05) is 18.2 Å². The van der Waals surface area contributed by atoms with Crippen molar-refractivity contribution >= 4 is 0 Å². The highest BCUT2D eigenvalue weighted by Crippen LogP contribution is 2.41. The molecule has 0 fully saturated rings. The number of aliphatic hydroxyl groups is 1. The fraction of sp³-hybridized carbons (Fsp3) is 0.600. The molecule has 0 aliphatic carbocycles. The lowest BCUT2D eigenvalue weighted by atomic mass is 9.63. The highest BCUT2D eigenvalue weighted by molar-refractivity contribution is 5.30. The zero-order valence-electron chi connectivity index (χ0n) is 11.2. The normalized spacial score (nSPS) is 15.6. The zero-order valence-corrected chi connectivity index (χ0v) is 11.2. The van der Waals surface area contributed by atoms with Crippen molar-refractivity contribution in [1.82, 2.24) is 0 Å². The van der Waals surface area contributed by atoms with Gasteiger partial charge < -0.3 is 10.8 Å². The summed E-state index contributed by atoms with van der Waals surface area (Å²) in [6, 6.07) is 10.4. The Labute approximate surface area is 105 Å². The number of benzene rings is 1. The first kappa shape index (κ1) is 14.2. The molecule has 96 valence electrons. The molecule has 0 aliphatic heterocycles. The van der Waals surface area contributed by atoms with Crippen LogP contribution in [0.2, 0.25) is 0 Å². The second-order valence-electron chi connectivity index (χ2n) is 5.39. The molecule has 1 aromatic rings. The molecule has 0 saturated heterocycles. The van der Waals surface area contributed by atoms with Crippen molar-refractivity contribution in [2.24, 2.45) is 5.73 Å². The Kier molecular flexibility index (Phi) is 4.72. The Bertz CT molecular complexity index is 321. The number of nitrogens with two attached hydrogens (primary N) is 1. The molecule has 1 unspecified atom stereocenters. The molecular weight excluding hydrogens is 210 g/mol. The van der Waals surface area contributed by atoms with Gasteiger partial charge in [-0.05, 0) is 32.3 Å². The highest BCUT2D eigenvalue weighted by Gasteiger charge is 2.42. The Morgan fingerprint density at radius 2 is 1.71 bits per heavy atom. The molecule has 0 bridgehead atoms. The van der Waals surface area contributed by atoms with Gasteiger partial charge in [0.15, 0.2) is 0 Å². The van der Waals surface area contributed by atoms with E-state index in [2.05, 4.69) is 32.9 Å². The van der Waals surface area contributed by atoms with Crippen LogP contribution in [0.1, 0.15) is 45.6 Å². The van der Waals surface area contributed by atoms with Gasteiger partial charge in [-0.3, -0.25) is 0 Å². The molecule has 3 N–H and O–H groups in total. The fourth-order valence-corrected chi connectivity index (χ4v) is 2.80. The summed E-state index contributed by atoms with van der Waals surface area (Å²) in [5.41, 5.74) is 7.17. The number of aliphatic hydroxyl groups excluding tert-OH is 1. The minimum Gasteiger partial charge on any atom is -0.396 e. The van der Waals surface area contributed by atoms with Gasteiger partial charge in [0.05, 0.1) is 0 Å². The first-order chi connectivity index (χ1) is 7.98. The molecule has 2 nitrogen and oxygen atoms in total. The molecule has 17 heavy (non-hydrogen) atoms. The maximum absolute atomic E-state index is 9.40. The highest BCUT2D eigenvalue weighted by atomic mass is 16.3. The lowest BCUT2D eigenvalue weighted by Crippen LogP contribution is -2.54. The van der Waals surface area contributed by atoms with E-state index in [-0.39, 0.29) is 17.6 Å². The van der Waals surface area contributed by atoms with Gasteiger partial charge in [0.1, 0.15) is 0 Å². The van der Waals surface area contributed by atoms with Crippen LogP contribution in [0.25, 0.3) is 0 Å². The van der Waals surface area contributed by atoms with Crippen molar-refractivity contribution in [3.05, 3.63) is 35.9 Å². The van der Waals surface area contributed by atoms with Gasteiger partial charge in [0, 0.05) is 17.6 Å². The van der Waals surface area contributed by atoms with Crippen LogP contribution in [0, 0.1) is 0 Å². The van der Waals surface area contributed by atoms with Crippen LogP contribution >= 0.6 is 0 Å². The van der Waals surface area contributed by atoms with Crippen LogP contribution in [0.15, 0.2) is 30.3 Å². The summed E-state index contributed by atoms with van der Waals surface area (Å²) < 4.78 is 0. The molecule has 0 spiro atoms. The topological polar surface area (TPSA) is 46.2 Å². The van der Waals surface area contributed by atoms with Crippen LogP contribution in [0.4, 0.5) is 0 Å². The van der Waals surface area contributed by atoms with Gasteiger partial charge in [-0.2, -0.15) is 0 Å². The number of hydrogen-bond donors (Lipinski definition) is 2. The summed E-state index contributed by atoms with van der Waals surface area (Å²) in [7, 11) is 0. The minimum atomic E-state index is -0.340. The summed E-state index contributed by atoms with van der Waals surface area (Å²) in [4.78, 5) is 0. The quantitative estimate of drug-likeness (QED) is 0.796.